The first kappa shape index (κ1) is 10.0. The van der Waals surface area contributed by atoms with Crippen LogP contribution in [0.2, 0.25) is 0 Å². The molecule has 0 unspecified atom stereocenters. The fraction of sp³-hybridized carbons (Fsp3) is 0.500. The van der Waals surface area contributed by atoms with E-state index in [1.165, 1.54) is 24.0 Å². The second kappa shape index (κ2) is 3.25. The Morgan fingerprint density at radius 1 is 1.07 bits per heavy atom. The number of halogens is 1. The molecule has 0 aromatic heterocycles. The summed E-state index contributed by atoms with van der Waals surface area (Å²) >= 11 is 0. The predicted molar refractivity (Wildman–Crippen MR) is 60.8 cm³/mol. The third-order valence-electron chi connectivity index (χ3n) is 3.32. The summed E-state index contributed by atoms with van der Waals surface area (Å²) in [5, 5.41) is 0. The fourth-order valence-corrected chi connectivity index (χ4v) is 1.93. The van der Waals surface area contributed by atoms with Crippen LogP contribution in [0.15, 0.2) is 24.3 Å². The minimum absolute atomic E-state index is 0. The molecule has 0 amide bonds. The van der Waals surface area contributed by atoms with Crippen LogP contribution >= 0.6 is 12.4 Å². The first-order valence-electron chi connectivity index (χ1n) is 5.17. The van der Waals surface area contributed by atoms with Crippen molar-refractivity contribution < 1.29 is 0 Å². The number of nitrogens with two attached hydrogens (primary N) is 1. The number of hydrogen-bond donors (Lipinski definition) is 1. The first-order chi connectivity index (χ1) is 6.28. The summed E-state index contributed by atoms with van der Waals surface area (Å²) < 4.78 is 0. The molecule has 0 heterocycles. The van der Waals surface area contributed by atoms with E-state index in [9.17, 15) is 0 Å². The zero-order valence-electron chi connectivity index (χ0n) is 8.20. The summed E-state index contributed by atoms with van der Waals surface area (Å²) in [6, 6.07) is 8.97. The van der Waals surface area contributed by atoms with Gasteiger partial charge in [-0.3, -0.25) is 0 Å². The molecule has 2 heteroatoms. The van der Waals surface area contributed by atoms with Crippen LogP contribution in [0.25, 0.3) is 0 Å². The Morgan fingerprint density at radius 2 is 1.64 bits per heavy atom. The molecule has 2 saturated carbocycles. The molecule has 2 aliphatic rings. The maximum absolute atomic E-state index is 6.11. The van der Waals surface area contributed by atoms with E-state index in [-0.39, 0.29) is 17.9 Å². The van der Waals surface area contributed by atoms with Crippen molar-refractivity contribution in [2.75, 3.05) is 0 Å². The van der Waals surface area contributed by atoms with Crippen LogP contribution in [0, 0.1) is 0 Å². The quantitative estimate of drug-likeness (QED) is 0.797. The van der Waals surface area contributed by atoms with Crippen molar-refractivity contribution in [1.82, 2.24) is 0 Å². The topological polar surface area (TPSA) is 26.0 Å². The van der Waals surface area contributed by atoms with Gasteiger partial charge in [-0.1, -0.05) is 24.3 Å². The van der Waals surface area contributed by atoms with Crippen molar-refractivity contribution in [3.63, 3.8) is 0 Å². The number of benzene rings is 1. The smallest absolute Gasteiger partial charge is 0.0411 e. The second-order valence-corrected chi connectivity index (χ2v) is 4.55. The van der Waals surface area contributed by atoms with Gasteiger partial charge in [0, 0.05) is 5.54 Å². The van der Waals surface area contributed by atoms with Gasteiger partial charge in [-0.25, -0.2) is 0 Å². The molecule has 2 fully saturated rings. The molecule has 2 aliphatic carbocycles. The van der Waals surface area contributed by atoms with Crippen molar-refractivity contribution in [3.05, 3.63) is 35.4 Å². The average Bonchev–Trinajstić information content (AvgIpc) is 2.98. The minimum Gasteiger partial charge on any atom is -0.321 e. The summed E-state index contributed by atoms with van der Waals surface area (Å²) in [7, 11) is 0. The highest BCUT2D eigenvalue weighted by atomic mass is 35.5. The molecule has 0 radical (unpaired) electrons. The third kappa shape index (κ3) is 1.67. The van der Waals surface area contributed by atoms with Gasteiger partial charge in [-0.15, -0.1) is 12.4 Å². The molecule has 0 atom stereocenters. The van der Waals surface area contributed by atoms with Crippen molar-refractivity contribution in [1.29, 1.82) is 0 Å². The molecule has 0 bridgehead atoms. The van der Waals surface area contributed by atoms with E-state index < -0.39 is 0 Å². The Labute approximate surface area is 91.1 Å². The van der Waals surface area contributed by atoms with E-state index in [1.807, 2.05) is 0 Å². The highest BCUT2D eigenvalue weighted by molar-refractivity contribution is 5.85. The zero-order valence-corrected chi connectivity index (χ0v) is 9.02. The maximum atomic E-state index is 6.11. The lowest BCUT2D eigenvalue weighted by molar-refractivity contribution is 0.739. The van der Waals surface area contributed by atoms with Crippen LogP contribution in [0.5, 0.6) is 0 Å². The molecule has 1 aromatic rings. The van der Waals surface area contributed by atoms with E-state index in [1.54, 1.807) is 0 Å². The molecular formula is C12H16ClN. The van der Waals surface area contributed by atoms with E-state index in [0.29, 0.717) is 0 Å². The Morgan fingerprint density at radius 3 is 2.07 bits per heavy atom. The Kier molecular flexibility index (Phi) is 2.32. The van der Waals surface area contributed by atoms with Crippen LogP contribution in [0.4, 0.5) is 0 Å². The molecule has 0 aliphatic heterocycles. The molecule has 3 rings (SSSR count). The lowest BCUT2D eigenvalue weighted by atomic mass is 10.0. The minimum atomic E-state index is 0. The number of rotatable bonds is 2. The summed E-state index contributed by atoms with van der Waals surface area (Å²) in [6.07, 6.45) is 5.09. The molecule has 0 saturated heterocycles. The van der Waals surface area contributed by atoms with E-state index in [0.717, 1.165) is 18.8 Å². The molecule has 14 heavy (non-hydrogen) atoms. The van der Waals surface area contributed by atoms with Crippen LogP contribution in [-0.2, 0) is 5.54 Å². The van der Waals surface area contributed by atoms with Crippen LogP contribution in [0.3, 0.4) is 0 Å². The monoisotopic (exact) mass is 209 g/mol. The van der Waals surface area contributed by atoms with Gasteiger partial charge in [0.05, 0.1) is 0 Å². The van der Waals surface area contributed by atoms with Gasteiger partial charge in [0.1, 0.15) is 0 Å². The SMILES string of the molecule is Cl.NC1(c2ccc(C3CC3)cc2)CC1. The molecule has 2 N–H and O–H groups in total. The fourth-order valence-electron chi connectivity index (χ4n) is 1.93. The molecule has 1 aromatic carbocycles. The van der Waals surface area contributed by atoms with Gasteiger partial charge in [-0.05, 0) is 42.7 Å². The predicted octanol–water partition coefficient (Wildman–Crippen LogP) is 2.93. The standard InChI is InChI=1S/C12H15N.ClH/c13-12(7-8-12)11-5-3-10(4-6-11)9-1-2-9;/h3-6,9H,1-2,7-8,13H2;1H. The zero-order chi connectivity index (χ0) is 8.89. The van der Waals surface area contributed by atoms with Gasteiger partial charge in [0.15, 0.2) is 0 Å². The van der Waals surface area contributed by atoms with Crippen LogP contribution in [-0.4, -0.2) is 0 Å². The highest BCUT2D eigenvalue weighted by Gasteiger charge is 2.39. The van der Waals surface area contributed by atoms with Crippen LogP contribution in [0.1, 0.15) is 42.7 Å². The van der Waals surface area contributed by atoms with E-state index >= 15 is 0 Å². The van der Waals surface area contributed by atoms with E-state index in [2.05, 4.69) is 24.3 Å². The normalized spacial score (nSPS) is 22.6. The number of hydrogen-bond acceptors (Lipinski definition) is 1. The summed E-state index contributed by atoms with van der Waals surface area (Å²) in [5.74, 6) is 0.863. The first-order valence-corrected chi connectivity index (χ1v) is 5.17. The van der Waals surface area contributed by atoms with Crippen molar-refractivity contribution >= 4 is 12.4 Å². The second-order valence-electron chi connectivity index (χ2n) is 4.55. The molecule has 76 valence electrons. The lowest BCUT2D eigenvalue weighted by Gasteiger charge is -2.09. The van der Waals surface area contributed by atoms with Crippen molar-refractivity contribution in [2.24, 2.45) is 5.73 Å². The lowest BCUT2D eigenvalue weighted by Crippen LogP contribution is -2.18. The van der Waals surface area contributed by atoms with Gasteiger partial charge in [0.25, 0.3) is 0 Å². The Bertz CT molecular complexity index is 323. The molecule has 0 spiro atoms. The van der Waals surface area contributed by atoms with E-state index in [4.69, 9.17) is 5.73 Å². The van der Waals surface area contributed by atoms with Gasteiger partial charge < -0.3 is 5.73 Å². The Balaban J connectivity index is 0.000000750. The summed E-state index contributed by atoms with van der Waals surface area (Å²) in [4.78, 5) is 0. The van der Waals surface area contributed by atoms with Gasteiger partial charge in [-0.2, -0.15) is 0 Å². The third-order valence-corrected chi connectivity index (χ3v) is 3.32. The van der Waals surface area contributed by atoms with Crippen molar-refractivity contribution in [3.8, 4) is 0 Å². The summed E-state index contributed by atoms with van der Waals surface area (Å²) in [6.45, 7) is 0. The highest BCUT2D eigenvalue weighted by Crippen LogP contribution is 2.44. The molecular weight excluding hydrogens is 194 g/mol. The maximum Gasteiger partial charge on any atom is 0.0411 e. The summed E-state index contributed by atoms with van der Waals surface area (Å²) in [5.41, 5.74) is 8.99. The van der Waals surface area contributed by atoms with Gasteiger partial charge >= 0.3 is 0 Å². The van der Waals surface area contributed by atoms with Crippen LogP contribution < -0.4 is 5.73 Å². The van der Waals surface area contributed by atoms with Gasteiger partial charge in [0.2, 0.25) is 0 Å². The molecule has 1 nitrogen and oxygen atoms in total. The largest absolute Gasteiger partial charge is 0.321 e. The Hall–Kier alpha value is -0.530. The van der Waals surface area contributed by atoms with Crippen molar-refractivity contribution in [2.45, 2.75) is 37.1 Å². The average molecular weight is 210 g/mol.